The van der Waals surface area contributed by atoms with E-state index in [1.165, 1.54) is 36.8 Å². The lowest BCUT2D eigenvalue weighted by Crippen LogP contribution is -2.41. The Hall–Kier alpha value is -1.41. The minimum absolute atomic E-state index is 0.329. The summed E-state index contributed by atoms with van der Waals surface area (Å²) in [5, 5.41) is 4.95. The average Bonchev–Trinajstić information content (AvgIpc) is 2.88. The normalized spacial score (nSPS) is 23.6. The van der Waals surface area contributed by atoms with Crippen molar-refractivity contribution in [2.45, 2.75) is 38.1 Å². The molecule has 0 aliphatic carbocycles. The molecule has 1 unspecified atom stereocenters. The van der Waals surface area contributed by atoms with Gasteiger partial charge in [-0.2, -0.15) is 0 Å². The number of hydrogen-bond acceptors (Lipinski definition) is 2. The smallest absolute Gasteiger partial charge is 0.0702 e. The molecule has 2 heteroatoms. The highest BCUT2D eigenvalue weighted by atomic mass is 15.0. The molecule has 1 fully saturated rings. The maximum atomic E-state index is 4.38. The van der Waals surface area contributed by atoms with Crippen LogP contribution in [0.3, 0.4) is 0 Å². The third-order valence-corrected chi connectivity index (χ3v) is 4.22. The van der Waals surface area contributed by atoms with Gasteiger partial charge in [-0.15, -0.1) is 0 Å². The Bertz CT molecular complexity index is 542. The summed E-state index contributed by atoms with van der Waals surface area (Å²) in [5.74, 6) is 0. The number of hydrogen-bond donors (Lipinski definition) is 1. The molecule has 2 heterocycles. The van der Waals surface area contributed by atoms with Gasteiger partial charge in [-0.3, -0.25) is 4.98 Å². The minimum atomic E-state index is 0.329. The second-order valence-corrected chi connectivity index (χ2v) is 5.37. The van der Waals surface area contributed by atoms with Crippen LogP contribution in [-0.2, 0) is 6.42 Å². The van der Waals surface area contributed by atoms with E-state index < -0.39 is 0 Å². The third kappa shape index (κ3) is 2.13. The minimum Gasteiger partial charge on any atom is -0.311 e. The van der Waals surface area contributed by atoms with Crippen LogP contribution in [0, 0.1) is 0 Å². The van der Waals surface area contributed by atoms with Crippen molar-refractivity contribution < 1.29 is 0 Å². The molecule has 1 aliphatic heterocycles. The summed E-state index contributed by atoms with van der Waals surface area (Å²) in [6.07, 6.45) is 6.80. The molecule has 1 saturated heterocycles. The van der Waals surface area contributed by atoms with E-state index in [1.54, 1.807) is 0 Å². The van der Waals surface area contributed by atoms with Crippen molar-refractivity contribution in [3.05, 3.63) is 42.1 Å². The molecule has 18 heavy (non-hydrogen) atoms. The lowest BCUT2D eigenvalue weighted by Gasteiger charge is -2.28. The van der Waals surface area contributed by atoms with E-state index in [4.69, 9.17) is 0 Å². The van der Waals surface area contributed by atoms with Crippen molar-refractivity contribution in [1.82, 2.24) is 10.3 Å². The number of pyridine rings is 1. The first kappa shape index (κ1) is 11.7. The number of nitrogens with one attached hydrogen (secondary N) is 1. The van der Waals surface area contributed by atoms with Gasteiger partial charge in [0.2, 0.25) is 0 Å². The monoisotopic (exact) mass is 240 g/mol. The highest BCUT2D eigenvalue weighted by Gasteiger charge is 2.31. The predicted molar refractivity (Wildman–Crippen MR) is 75.7 cm³/mol. The van der Waals surface area contributed by atoms with Gasteiger partial charge >= 0.3 is 0 Å². The summed E-state index contributed by atoms with van der Waals surface area (Å²) in [4.78, 5) is 4.38. The van der Waals surface area contributed by atoms with Crippen LogP contribution in [-0.4, -0.2) is 17.1 Å². The Balaban J connectivity index is 1.90. The van der Waals surface area contributed by atoms with Gasteiger partial charge in [0.1, 0.15) is 0 Å². The highest BCUT2D eigenvalue weighted by molar-refractivity contribution is 5.78. The second kappa shape index (κ2) is 4.69. The number of aromatic nitrogens is 1. The molecule has 2 nitrogen and oxygen atoms in total. The van der Waals surface area contributed by atoms with Crippen molar-refractivity contribution in [2.75, 3.05) is 6.54 Å². The Morgan fingerprint density at radius 2 is 2.28 bits per heavy atom. The van der Waals surface area contributed by atoms with Crippen LogP contribution in [0.2, 0.25) is 0 Å². The molecule has 0 amide bonds. The van der Waals surface area contributed by atoms with E-state index in [9.17, 15) is 0 Å². The van der Waals surface area contributed by atoms with Crippen LogP contribution >= 0.6 is 0 Å². The summed E-state index contributed by atoms with van der Waals surface area (Å²) in [7, 11) is 0. The third-order valence-electron chi connectivity index (χ3n) is 4.22. The standard InChI is InChI=1S/C16H20N2/c1-2-16(8-4-10-18-16)12-13-6-7-15-14(11-13)5-3-9-17-15/h3,5-7,9,11,18H,2,4,8,10,12H2,1H3. The number of benzene rings is 1. The molecular formula is C16H20N2. The van der Waals surface area contributed by atoms with Gasteiger partial charge in [0.05, 0.1) is 5.52 Å². The van der Waals surface area contributed by atoms with Crippen molar-refractivity contribution in [3.8, 4) is 0 Å². The average molecular weight is 240 g/mol. The highest BCUT2D eigenvalue weighted by Crippen LogP contribution is 2.28. The molecule has 1 aliphatic rings. The molecule has 3 rings (SSSR count). The molecule has 1 aromatic heterocycles. The number of fused-ring (bicyclic) bond motifs is 1. The molecule has 1 N–H and O–H groups in total. The van der Waals surface area contributed by atoms with Crippen molar-refractivity contribution in [1.29, 1.82) is 0 Å². The van der Waals surface area contributed by atoms with Gasteiger partial charge in [-0.1, -0.05) is 19.1 Å². The summed E-state index contributed by atoms with van der Waals surface area (Å²) in [5.41, 5.74) is 2.84. The molecule has 0 saturated carbocycles. The van der Waals surface area contributed by atoms with Gasteiger partial charge in [0, 0.05) is 17.1 Å². The number of rotatable bonds is 3. The second-order valence-electron chi connectivity index (χ2n) is 5.37. The zero-order valence-corrected chi connectivity index (χ0v) is 10.9. The van der Waals surface area contributed by atoms with Gasteiger partial charge in [0.25, 0.3) is 0 Å². The Morgan fingerprint density at radius 3 is 3.06 bits per heavy atom. The number of nitrogens with zero attached hydrogens (tertiary/aromatic N) is 1. The first-order valence-corrected chi connectivity index (χ1v) is 6.90. The lowest BCUT2D eigenvalue weighted by atomic mass is 9.86. The van der Waals surface area contributed by atoms with Crippen LogP contribution in [0.1, 0.15) is 31.7 Å². The molecule has 94 valence electrons. The Kier molecular flexibility index (Phi) is 3.04. The van der Waals surface area contributed by atoms with E-state index >= 15 is 0 Å². The SMILES string of the molecule is CCC1(Cc2ccc3ncccc3c2)CCCN1. The van der Waals surface area contributed by atoms with Crippen LogP contribution in [0.4, 0.5) is 0 Å². The lowest BCUT2D eigenvalue weighted by molar-refractivity contribution is 0.360. The van der Waals surface area contributed by atoms with E-state index in [1.807, 2.05) is 12.3 Å². The molecule has 0 radical (unpaired) electrons. The molecular weight excluding hydrogens is 220 g/mol. The first-order chi connectivity index (χ1) is 8.81. The maximum absolute atomic E-state index is 4.38. The first-order valence-electron chi connectivity index (χ1n) is 6.90. The van der Waals surface area contributed by atoms with E-state index in [0.717, 1.165) is 11.9 Å². The predicted octanol–water partition coefficient (Wildman–Crippen LogP) is 3.31. The van der Waals surface area contributed by atoms with Gasteiger partial charge < -0.3 is 5.32 Å². The molecule has 0 spiro atoms. The van der Waals surface area contributed by atoms with Gasteiger partial charge in [-0.25, -0.2) is 0 Å². The fraction of sp³-hybridized carbons (Fsp3) is 0.438. The van der Waals surface area contributed by atoms with Crippen molar-refractivity contribution >= 4 is 10.9 Å². The van der Waals surface area contributed by atoms with Crippen LogP contribution in [0.5, 0.6) is 0 Å². The van der Waals surface area contributed by atoms with Gasteiger partial charge in [-0.05, 0) is 56.0 Å². The van der Waals surface area contributed by atoms with Crippen molar-refractivity contribution in [3.63, 3.8) is 0 Å². The van der Waals surface area contributed by atoms with Gasteiger partial charge in [0.15, 0.2) is 0 Å². The Labute approximate surface area is 108 Å². The molecule has 0 bridgehead atoms. The fourth-order valence-electron chi connectivity index (χ4n) is 3.07. The molecule has 1 atom stereocenters. The largest absolute Gasteiger partial charge is 0.311 e. The zero-order valence-electron chi connectivity index (χ0n) is 10.9. The maximum Gasteiger partial charge on any atom is 0.0702 e. The fourth-order valence-corrected chi connectivity index (χ4v) is 3.07. The van der Waals surface area contributed by atoms with E-state index in [-0.39, 0.29) is 0 Å². The van der Waals surface area contributed by atoms with Crippen molar-refractivity contribution in [2.24, 2.45) is 0 Å². The summed E-state index contributed by atoms with van der Waals surface area (Å²) >= 11 is 0. The van der Waals surface area contributed by atoms with E-state index in [0.29, 0.717) is 5.54 Å². The molecule has 2 aromatic rings. The van der Waals surface area contributed by atoms with E-state index in [2.05, 4.69) is 41.5 Å². The summed E-state index contributed by atoms with van der Waals surface area (Å²) < 4.78 is 0. The topological polar surface area (TPSA) is 24.9 Å². The Morgan fingerprint density at radius 1 is 1.33 bits per heavy atom. The quantitative estimate of drug-likeness (QED) is 0.890. The van der Waals surface area contributed by atoms with Crippen LogP contribution in [0.15, 0.2) is 36.5 Å². The molecule has 1 aromatic carbocycles. The summed E-state index contributed by atoms with van der Waals surface area (Å²) in [6, 6.07) is 10.8. The summed E-state index contributed by atoms with van der Waals surface area (Å²) in [6.45, 7) is 3.46. The van der Waals surface area contributed by atoms with Crippen LogP contribution in [0.25, 0.3) is 10.9 Å². The zero-order chi connectivity index (χ0) is 12.4. The van der Waals surface area contributed by atoms with Crippen LogP contribution < -0.4 is 5.32 Å².